The fraction of sp³-hybridized carbons (Fsp3) is 0.545. The highest BCUT2D eigenvalue weighted by molar-refractivity contribution is 5.87. The molecule has 0 amide bonds. The van der Waals surface area contributed by atoms with E-state index in [4.69, 9.17) is 0 Å². The molecular formula is C11H14O. The minimum absolute atomic E-state index is 0.141. The fourth-order valence-electron chi connectivity index (χ4n) is 2.38. The van der Waals surface area contributed by atoms with Gasteiger partial charge in [0.25, 0.3) is 0 Å². The molecule has 2 bridgehead atoms. The molecular weight excluding hydrogens is 148 g/mol. The first kappa shape index (κ1) is 7.78. The zero-order chi connectivity index (χ0) is 8.72. The summed E-state index contributed by atoms with van der Waals surface area (Å²) >= 11 is 0. The van der Waals surface area contributed by atoms with Gasteiger partial charge in [0.05, 0.1) is 0 Å². The Balaban J connectivity index is 2.32. The van der Waals surface area contributed by atoms with E-state index < -0.39 is 0 Å². The molecule has 0 heterocycles. The van der Waals surface area contributed by atoms with Crippen molar-refractivity contribution in [2.75, 3.05) is 0 Å². The quantitative estimate of drug-likeness (QED) is 0.540. The largest absolute Gasteiger partial charge is 0.299 e. The fourth-order valence-corrected chi connectivity index (χ4v) is 2.38. The molecule has 3 aliphatic carbocycles. The summed E-state index contributed by atoms with van der Waals surface area (Å²) in [5, 5.41) is 0. The zero-order valence-electron chi connectivity index (χ0n) is 7.36. The lowest BCUT2D eigenvalue weighted by Gasteiger charge is -2.39. The summed E-state index contributed by atoms with van der Waals surface area (Å²) in [6.07, 6.45) is 7.34. The molecule has 12 heavy (non-hydrogen) atoms. The highest BCUT2D eigenvalue weighted by Gasteiger charge is 2.41. The van der Waals surface area contributed by atoms with Crippen LogP contribution >= 0.6 is 0 Å². The summed E-state index contributed by atoms with van der Waals surface area (Å²) in [5.41, 5.74) is 0. The van der Waals surface area contributed by atoms with E-state index in [1.807, 2.05) is 13.0 Å². The lowest BCUT2D eigenvalue weighted by Crippen LogP contribution is -2.40. The van der Waals surface area contributed by atoms with E-state index in [0.29, 0.717) is 17.6 Å². The number of carbonyl (C=O) groups is 1. The highest BCUT2D eigenvalue weighted by Crippen LogP contribution is 2.41. The Labute approximate surface area is 73.2 Å². The summed E-state index contributed by atoms with van der Waals surface area (Å²) in [5.74, 6) is 1.69. The Morgan fingerprint density at radius 3 is 2.92 bits per heavy atom. The number of rotatable bonds is 1. The van der Waals surface area contributed by atoms with E-state index in [1.54, 1.807) is 0 Å². The van der Waals surface area contributed by atoms with Gasteiger partial charge in [-0.3, -0.25) is 4.79 Å². The Bertz CT molecular complexity index is 252. The summed E-state index contributed by atoms with van der Waals surface area (Å²) in [7, 11) is 0. The molecule has 1 nitrogen and oxygen atoms in total. The molecule has 0 saturated heterocycles. The average Bonchev–Trinajstić information content (AvgIpc) is 2.12. The zero-order valence-corrected chi connectivity index (χ0v) is 7.36. The van der Waals surface area contributed by atoms with Gasteiger partial charge in [-0.2, -0.15) is 0 Å². The van der Waals surface area contributed by atoms with E-state index in [0.717, 1.165) is 6.42 Å². The van der Waals surface area contributed by atoms with Crippen LogP contribution in [-0.4, -0.2) is 5.78 Å². The van der Waals surface area contributed by atoms with Crippen LogP contribution < -0.4 is 0 Å². The Morgan fingerprint density at radius 1 is 1.58 bits per heavy atom. The standard InChI is InChI=1S/C11H14O/c1-3-8-6-9-4-5-10(8)11(12)7(9)2/h3-5,7-10H,1,6H2,2H3/t7?,8-,9+,10+/m0/s1. The summed E-state index contributed by atoms with van der Waals surface area (Å²) < 4.78 is 0. The van der Waals surface area contributed by atoms with Crippen molar-refractivity contribution < 1.29 is 4.79 Å². The second-order valence-corrected chi connectivity index (χ2v) is 3.90. The molecule has 1 heteroatoms. The summed E-state index contributed by atoms with van der Waals surface area (Å²) in [6.45, 7) is 5.82. The van der Waals surface area contributed by atoms with E-state index in [1.165, 1.54) is 0 Å². The average molecular weight is 162 g/mol. The second kappa shape index (κ2) is 2.58. The second-order valence-electron chi connectivity index (χ2n) is 3.90. The third-order valence-corrected chi connectivity index (χ3v) is 3.29. The van der Waals surface area contributed by atoms with Gasteiger partial charge in [0.2, 0.25) is 0 Å². The minimum atomic E-state index is 0.141. The van der Waals surface area contributed by atoms with E-state index >= 15 is 0 Å². The molecule has 3 aliphatic rings. The molecule has 0 aromatic carbocycles. The molecule has 0 spiro atoms. The maximum Gasteiger partial charge on any atom is 0.143 e. The van der Waals surface area contributed by atoms with Gasteiger partial charge in [-0.05, 0) is 18.3 Å². The molecule has 0 aliphatic heterocycles. The van der Waals surface area contributed by atoms with Crippen molar-refractivity contribution in [1.82, 2.24) is 0 Å². The summed E-state index contributed by atoms with van der Waals surface area (Å²) in [6, 6.07) is 0. The van der Waals surface area contributed by atoms with Crippen molar-refractivity contribution in [2.45, 2.75) is 13.3 Å². The lowest BCUT2D eigenvalue weighted by atomic mass is 9.63. The van der Waals surface area contributed by atoms with Gasteiger partial charge in [-0.25, -0.2) is 0 Å². The summed E-state index contributed by atoms with van der Waals surface area (Å²) in [4.78, 5) is 11.7. The van der Waals surface area contributed by atoms with Gasteiger partial charge in [0.1, 0.15) is 5.78 Å². The van der Waals surface area contributed by atoms with Crippen LogP contribution in [0.1, 0.15) is 13.3 Å². The number of carbonyl (C=O) groups excluding carboxylic acids is 1. The van der Waals surface area contributed by atoms with Gasteiger partial charge >= 0.3 is 0 Å². The number of fused-ring (bicyclic) bond motifs is 2. The van der Waals surface area contributed by atoms with Crippen molar-refractivity contribution in [1.29, 1.82) is 0 Å². The SMILES string of the molecule is C=C[C@H]1C[C@H]2C=C[C@H]1C(=O)C2C. The van der Waals surface area contributed by atoms with Crippen molar-refractivity contribution in [3.05, 3.63) is 24.8 Å². The van der Waals surface area contributed by atoms with Gasteiger partial charge in [0.15, 0.2) is 0 Å². The number of allylic oxidation sites excluding steroid dienone is 3. The molecule has 1 fully saturated rings. The van der Waals surface area contributed by atoms with Crippen LogP contribution in [0, 0.1) is 23.7 Å². The molecule has 1 unspecified atom stereocenters. The van der Waals surface area contributed by atoms with Crippen LogP contribution in [-0.2, 0) is 4.79 Å². The molecule has 3 rings (SSSR count). The molecule has 0 radical (unpaired) electrons. The Kier molecular flexibility index (Phi) is 1.67. The first-order valence-corrected chi connectivity index (χ1v) is 4.58. The van der Waals surface area contributed by atoms with Crippen molar-refractivity contribution in [2.24, 2.45) is 23.7 Å². The van der Waals surface area contributed by atoms with Crippen LogP contribution in [0.4, 0.5) is 0 Å². The third kappa shape index (κ3) is 0.889. The molecule has 1 saturated carbocycles. The van der Waals surface area contributed by atoms with Crippen LogP contribution in [0.25, 0.3) is 0 Å². The van der Waals surface area contributed by atoms with Crippen LogP contribution in [0.2, 0.25) is 0 Å². The molecule has 0 aromatic heterocycles. The van der Waals surface area contributed by atoms with Gasteiger partial charge < -0.3 is 0 Å². The van der Waals surface area contributed by atoms with Gasteiger partial charge in [0, 0.05) is 11.8 Å². The highest BCUT2D eigenvalue weighted by atomic mass is 16.1. The van der Waals surface area contributed by atoms with Crippen LogP contribution in [0.5, 0.6) is 0 Å². The van der Waals surface area contributed by atoms with Gasteiger partial charge in [-0.1, -0.05) is 25.2 Å². The van der Waals surface area contributed by atoms with Crippen molar-refractivity contribution >= 4 is 5.78 Å². The van der Waals surface area contributed by atoms with E-state index in [9.17, 15) is 4.79 Å². The first-order chi connectivity index (χ1) is 5.74. The Hall–Kier alpha value is -0.850. The molecule has 64 valence electrons. The topological polar surface area (TPSA) is 17.1 Å². The van der Waals surface area contributed by atoms with Gasteiger partial charge in [-0.15, -0.1) is 6.58 Å². The smallest absolute Gasteiger partial charge is 0.143 e. The number of ketones is 1. The van der Waals surface area contributed by atoms with E-state index in [2.05, 4.69) is 18.7 Å². The third-order valence-electron chi connectivity index (χ3n) is 3.29. The maximum absolute atomic E-state index is 11.7. The number of hydrogen-bond donors (Lipinski definition) is 0. The van der Waals surface area contributed by atoms with Crippen LogP contribution in [0.3, 0.4) is 0 Å². The predicted molar refractivity (Wildman–Crippen MR) is 48.6 cm³/mol. The normalized spacial score (nSPS) is 44.9. The first-order valence-electron chi connectivity index (χ1n) is 4.58. The monoisotopic (exact) mass is 162 g/mol. The van der Waals surface area contributed by atoms with Crippen LogP contribution in [0.15, 0.2) is 24.8 Å². The molecule has 0 aromatic rings. The van der Waals surface area contributed by atoms with Crippen molar-refractivity contribution in [3.63, 3.8) is 0 Å². The lowest BCUT2D eigenvalue weighted by molar-refractivity contribution is -0.130. The molecule has 4 atom stereocenters. The van der Waals surface area contributed by atoms with Crippen molar-refractivity contribution in [3.8, 4) is 0 Å². The number of Topliss-reactive ketones (excluding diaryl/α,β-unsaturated/α-hetero) is 1. The van der Waals surface area contributed by atoms with E-state index in [-0.39, 0.29) is 11.8 Å². The Morgan fingerprint density at radius 2 is 2.33 bits per heavy atom. The molecule has 0 N–H and O–H groups in total. The minimum Gasteiger partial charge on any atom is -0.299 e. The number of hydrogen-bond acceptors (Lipinski definition) is 1. The predicted octanol–water partition coefficient (Wildman–Crippen LogP) is 2.20. The maximum atomic E-state index is 11.7.